The number of carbonyl (C=O) groups excluding carboxylic acids is 1. The Labute approximate surface area is 175 Å². The maximum Gasteiger partial charge on any atom is 0.254 e. The molecule has 0 aliphatic carbocycles. The molecule has 0 N–H and O–H groups in total. The summed E-state index contributed by atoms with van der Waals surface area (Å²) in [5, 5.41) is 2.19. The minimum atomic E-state index is -0.260. The molecule has 1 aliphatic rings. The Kier molecular flexibility index (Phi) is 5.95. The van der Waals surface area contributed by atoms with Gasteiger partial charge in [-0.3, -0.25) is 9.78 Å². The van der Waals surface area contributed by atoms with Gasteiger partial charge in [0.05, 0.1) is 26.0 Å². The number of hydrogen-bond donors (Lipinski definition) is 0. The molecule has 1 aliphatic heterocycles. The summed E-state index contributed by atoms with van der Waals surface area (Å²) in [6, 6.07) is 15.3. The van der Waals surface area contributed by atoms with Crippen LogP contribution < -0.4 is 9.47 Å². The normalized spacial score (nSPS) is 16.3. The molecule has 0 unspecified atom stereocenters. The fourth-order valence-corrected chi connectivity index (χ4v) is 3.54. The van der Waals surface area contributed by atoms with E-state index >= 15 is 0 Å². The predicted molar refractivity (Wildman–Crippen MR) is 115 cm³/mol. The molecule has 1 aromatic heterocycles. The summed E-state index contributed by atoms with van der Waals surface area (Å²) in [5.41, 5.74) is 1.38. The van der Waals surface area contributed by atoms with Gasteiger partial charge in [-0.05, 0) is 29.7 Å². The van der Waals surface area contributed by atoms with Crippen LogP contribution in [0.25, 0.3) is 10.8 Å². The largest absolute Gasteiger partial charge is 0.493 e. The van der Waals surface area contributed by atoms with Crippen molar-refractivity contribution in [3.63, 3.8) is 0 Å². The molecule has 6 nitrogen and oxygen atoms in total. The van der Waals surface area contributed by atoms with Crippen molar-refractivity contribution in [1.29, 1.82) is 0 Å². The highest BCUT2D eigenvalue weighted by Crippen LogP contribution is 2.30. The molecule has 1 amide bonds. The first kappa shape index (κ1) is 19.9. The lowest BCUT2D eigenvalue weighted by Crippen LogP contribution is -2.42. The van der Waals surface area contributed by atoms with E-state index in [-0.39, 0.29) is 12.0 Å². The van der Waals surface area contributed by atoms with Crippen molar-refractivity contribution in [1.82, 2.24) is 9.88 Å². The Bertz CT molecular complexity index is 1070. The van der Waals surface area contributed by atoms with E-state index in [0.717, 1.165) is 16.5 Å². The summed E-state index contributed by atoms with van der Waals surface area (Å²) in [6.07, 6.45) is 3.25. The highest BCUT2D eigenvalue weighted by atomic mass is 16.5. The van der Waals surface area contributed by atoms with E-state index in [4.69, 9.17) is 14.2 Å². The lowest BCUT2D eigenvalue weighted by molar-refractivity contribution is -0.0246. The summed E-state index contributed by atoms with van der Waals surface area (Å²) in [4.78, 5) is 19.5. The molecule has 0 radical (unpaired) electrons. The first-order valence-electron chi connectivity index (χ1n) is 9.87. The summed E-state index contributed by atoms with van der Waals surface area (Å²) in [5.74, 6) is 1.02. The SMILES string of the molecule is C=CCOc1ccc(C(=O)N2CCO[C@@H](c3cc4ccccc4cn3)C2)cc1OC. The first-order chi connectivity index (χ1) is 14.7. The molecule has 154 valence electrons. The molecule has 2 heterocycles. The Morgan fingerprint density at radius 1 is 1.23 bits per heavy atom. The third-order valence-corrected chi connectivity index (χ3v) is 5.10. The van der Waals surface area contributed by atoms with Crippen LogP contribution in [-0.2, 0) is 4.74 Å². The molecule has 0 spiro atoms. The van der Waals surface area contributed by atoms with Gasteiger partial charge in [0, 0.05) is 23.7 Å². The molecule has 6 heteroatoms. The number of hydrogen-bond acceptors (Lipinski definition) is 5. The van der Waals surface area contributed by atoms with Gasteiger partial charge < -0.3 is 19.1 Å². The zero-order valence-electron chi connectivity index (χ0n) is 16.9. The average Bonchev–Trinajstić information content (AvgIpc) is 2.82. The van der Waals surface area contributed by atoms with E-state index in [1.54, 1.807) is 36.3 Å². The van der Waals surface area contributed by atoms with Crippen LogP contribution >= 0.6 is 0 Å². The number of morpholine rings is 1. The van der Waals surface area contributed by atoms with Crippen molar-refractivity contribution in [2.45, 2.75) is 6.10 Å². The number of amides is 1. The third kappa shape index (κ3) is 4.14. The molecule has 3 aromatic rings. The fraction of sp³-hybridized carbons (Fsp3) is 0.250. The Balaban J connectivity index is 1.52. The monoisotopic (exact) mass is 404 g/mol. The van der Waals surface area contributed by atoms with Crippen LogP contribution in [0.3, 0.4) is 0 Å². The molecule has 1 saturated heterocycles. The van der Waals surface area contributed by atoms with Gasteiger partial charge in [-0.1, -0.05) is 36.9 Å². The van der Waals surface area contributed by atoms with Gasteiger partial charge in [0.1, 0.15) is 12.7 Å². The Morgan fingerprint density at radius 3 is 2.87 bits per heavy atom. The van der Waals surface area contributed by atoms with Crippen molar-refractivity contribution in [2.75, 3.05) is 33.4 Å². The molecular formula is C24H24N2O4. The molecular weight excluding hydrogens is 380 g/mol. The number of carbonyl (C=O) groups is 1. The predicted octanol–water partition coefficient (Wildman–Crippen LogP) is 4.02. The molecule has 30 heavy (non-hydrogen) atoms. The lowest BCUT2D eigenvalue weighted by Gasteiger charge is -2.33. The number of aromatic nitrogens is 1. The summed E-state index contributed by atoms with van der Waals surface area (Å²) in [7, 11) is 1.56. The molecule has 4 rings (SSSR count). The van der Waals surface area contributed by atoms with E-state index in [9.17, 15) is 4.79 Å². The second kappa shape index (κ2) is 8.97. The minimum absolute atomic E-state index is 0.0716. The molecule has 1 atom stereocenters. The van der Waals surface area contributed by atoms with Gasteiger partial charge in [0.15, 0.2) is 11.5 Å². The zero-order valence-corrected chi connectivity index (χ0v) is 16.9. The van der Waals surface area contributed by atoms with Crippen LogP contribution in [0, 0.1) is 0 Å². The number of ether oxygens (including phenoxy) is 3. The van der Waals surface area contributed by atoms with Crippen molar-refractivity contribution >= 4 is 16.7 Å². The maximum atomic E-state index is 13.1. The van der Waals surface area contributed by atoms with Crippen LogP contribution in [0.5, 0.6) is 11.5 Å². The fourth-order valence-electron chi connectivity index (χ4n) is 3.54. The maximum absolute atomic E-state index is 13.1. The number of nitrogens with zero attached hydrogens (tertiary/aromatic N) is 2. The average molecular weight is 404 g/mol. The number of benzene rings is 2. The number of fused-ring (bicyclic) bond motifs is 1. The number of pyridine rings is 1. The second-order valence-electron chi connectivity index (χ2n) is 7.03. The van der Waals surface area contributed by atoms with E-state index in [2.05, 4.69) is 17.6 Å². The number of methoxy groups -OCH3 is 1. The van der Waals surface area contributed by atoms with Crippen LogP contribution in [-0.4, -0.2) is 49.2 Å². The van der Waals surface area contributed by atoms with Gasteiger partial charge in [0.2, 0.25) is 0 Å². The van der Waals surface area contributed by atoms with Crippen LogP contribution in [0.2, 0.25) is 0 Å². The molecule has 0 saturated carbocycles. The van der Waals surface area contributed by atoms with Gasteiger partial charge in [-0.25, -0.2) is 0 Å². The quantitative estimate of drug-likeness (QED) is 0.581. The van der Waals surface area contributed by atoms with Crippen molar-refractivity contribution < 1.29 is 19.0 Å². The number of rotatable bonds is 6. The summed E-state index contributed by atoms with van der Waals surface area (Å²) < 4.78 is 16.9. The zero-order chi connectivity index (χ0) is 20.9. The first-order valence-corrected chi connectivity index (χ1v) is 9.87. The highest BCUT2D eigenvalue weighted by Gasteiger charge is 2.27. The summed E-state index contributed by atoms with van der Waals surface area (Å²) in [6.45, 7) is 5.45. The minimum Gasteiger partial charge on any atom is -0.493 e. The summed E-state index contributed by atoms with van der Waals surface area (Å²) >= 11 is 0. The van der Waals surface area contributed by atoms with Crippen LogP contribution in [0.15, 0.2) is 67.4 Å². The lowest BCUT2D eigenvalue weighted by atomic mass is 10.1. The van der Waals surface area contributed by atoms with E-state index < -0.39 is 0 Å². The van der Waals surface area contributed by atoms with E-state index in [1.165, 1.54) is 0 Å². The topological polar surface area (TPSA) is 60.9 Å². The van der Waals surface area contributed by atoms with Crippen molar-refractivity contribution in [2.24, 2.45) is 0 Å². The van der Waals surface area contributed by atoms with Gasteiger partial charge in [-0.15, -0.1) is 0 Å². The van der Waals surface area contributed by atoms with Crippen LogP contribution in [0.4, 0.5) is 0 Å². The Morgan fingerprint density at radius 2 is 2.07 bits per heavy atom. The van der Waals surface area contributed by atoms with Crippen molar-refractivity contribution in [3.8, 4) is 11.5 Å². The van der Waals surface area contributed by atoms with E-state index in [0.29, 0.717) is 43.4 Å². The molecule has 0 bridgehead atoms. The van der Waals surface area contributed by atoms with Crippen LogP contribution in [0.1, 0.15) is 22.2 Å². The Hall–Kier alpha value is -3.38. The van der Waals surface area contributed by atoms with Gasteiger partial charge in [0.25, 0.3) is 5.91 Å². The molecule has 1 fully saturated rings. The third-order valence-electron chi connectivity index (χ3n) is 5.10. The van der Waals surface area contributed by atoms with Crippen molar-refractivity contribution in [3.05, 3.63) is 78.6 Å². The standard InChI is InChI=1S/C24H24N2O4/c1-3-11-29-21-9-8-18(14-22(21)28-2)24(27)26-10-12-30-23(16-26)20-13-17-6-4-5-7-19(17)15-25-20/h3-9,13-15,23H,1,10-12,16H2,2H3/t23-/m1/s1. The van der Waals surface area contributed by atoms with Gasteiger partial charge >= 0.3 is 0 Å². The smallest absolute Gasteiger partial charge is 0.254 e. The molecule has 2 aromatic carbocycles. The van der Waals surface area contributed by atoms with Gasteiger partial charge in [-0.2, -0.15) is 0 Å². The van der Waals surface area contributed by atoms with E-state index in [1.807, 2.05) is 30.5 Å². The second-order valence-corrected chi connectivity index (χ2v) is 7.03. The highest BCUT2D eigenvalue weighted by molar-refractivity contribution is 5.95.